The highest BCUT2D eigenvalue weighted by molar-refractivity contribution is 7.31. The van der Waals surface area contributed by atoms with Crippen molar-refractivity contribution in [1.82, 2.24) is 0 Å². The van der Waals surface area contributed by atoms with Crippen molar-refractivity contribution in [2.45, 2.75) is 78.6 Å². The van der Waals surface area contributed by atoms with Gasteiger partial charge in [-0.15, -0.1) is 45.3 Å². The maximum absolute atomic E-state index is 2.47. The summed E-state index contributed by atoms with van der Waals surface area (Å²) in [5, 5.41) is 0. The van der Waals surface area contributed by atoms with Crippen LogP contribution in [0.4, 0.5) is 0 Å². The van der Waals surface area contributed by atoms with Gasteiger partial charge in [-0.05, 0) is 42.3 Å². The highest BCUT2D eigenvalue weighted by Gasteiger charge is 2.29. The van der Waals surface area contributed by atoms with Crippen molar-refractivity contribution >= 4 is 107 Å². The summed E-state index contributed by atoms with van der Waals surface area (Å²) in [6, 6.07) is 19.5. The van der Waals surface area contributed by atoms with Crippen LogP contribution in [0, 0.1) is 0 Å². The summed E-state index contributed by atoms with van der Waals surface area (Å²) >= 11 is 8.20. The van der Waals surface area contributed by atoms with Gasteiger partial charge in [0.05, 0.1) is 32.3 Å². The van der Waals surface area contributed by atoms with Crippen LogP contribution in [-0.4, -0.2) is 32.3 Å². The second-order valence-corrected chi connectivity index (χ2v) is 40.3. The van der Waals surface area contributed by atoms with E-state index in [4.69, 9.17) is 0 Å². The van der Waals surface area contributed by atoms with Gasteiger partial charge in [0, 0.05) is 30.7 Å². The Bertz CT molecular complexity index is 1230. The molecule has 0 aliphatic rings. The molecule has 0 nitrogen and oxygen atoms in total. The van der Waals surface area contributed by atoms with E-state index in [-0.39, 0.29) is 0 Å². The molecular formula is C30H44S4Si4. The van der Waals surface area contributed by atoms with Gasteiger partial charge in [-0.25, -0.2) is 0 Å². The number of hydrogen-bond acceptors (Lipinski definition) is 4. The van der Waals surface area contributed by atoms with Crippen LogP contribution < -0.4 is 18.0 Å². The van der Waals surface area contributed by atoms with Gasteiger partial charge >= 0.3 is 0 Å². The van der Waals surface area contributed by atoms with Gasteiger partial charge in [-0.2, -0.15) is 0 Å². The molecule has 4 aromatic rings. The SMILES string of the molecule is C[Si](C)(C)c1ccc(C(=C(c2ccc([Si](C)(C)C)s2)c2ccc([Si](C)(C)C)s2)c2ccc([Si](C)(C)C)s2)s1. The molecule has 0 spiro atoms. The third-order valence-electron chi connectivity index (χ3n) is 6.62. The van der Waals surface area contributed by atoms with E-state index in [1.807, 2.05) is 0 Å². The van der Waals surface area contributed by atoms with Crippen LogP contribution >= 0.6 is 45.3 Å². The molecule has 0 aromatic carbocycles. The Morgan fingerprint density at radius 1 is 0.342 bits per heavy atom. The highest BCUT2D eigenvalue weighted by atomic mass is 32.1. The van der Waals surface area contributed by atoms with E-state index in [0.29, 0.717) is 0 Å². The van der Waals surface area contributed by atoms with Crippen molar-refractivity contribution in [2.24, 2.45) is 0 Å². The molecule has 0 saturated carbocycles. The lowest BCUT2D eigenvalue weighted by Crippen LogP contribution is -2.34. The van der Waals surface area contributed by atoms with Crippen LogP contribution in [0.5, 0.6) is 0 Å². The van der Waals surface area contributed by atoms with E-state index >= 15 is 0 Å². The Hall–Kier alpha value is -0.592. The molecule has 0 amide bonds. The zero-order chi connectivity index (χ0) is 28.3. The van der Waals surface area contributed by atoms with Gasteiger partial charge in [-0.1, -0.05) is 103 Å². The molecular weight excluding hydrogens is 601 g/mol. The fourth-order valence-corrected chi connectivity index (χ4v) is 16.2. The highest BCUT2D eigenvalue weighted by Crippen LogP contribution is 2.43. The van der Waals surface area contributed by atoms with Crippen molar-refractivity contribution < 1.29 is 0 Å². The Balaban J connectivity index is 2.08. The summed E-state index contributed by atoms with van der Waals surface area (Å²) in [5.74, 6) is 0. The molecule has 0 N–H and O–H groups in total. The van der Waals surface area contributed by atoms with Crippen LogP contribution in [0.2, 0.25) is 78.6 Å². The van der Waals surface area contributed by atoms with Crippen molar-refractivity contribution in [3.8, 4) is 0 Å². The molecule has 0 bridgehead atoms. The van der Waals surface area contributed by atoms with E-state index in [0.717, 1.165) is 0 Å². The Morgan fingerprint density at radius 3 is 0.658 bits per heavy atom. The largest absolute Gasteiger partial charge is 0.145 e. The number of thiophene rings is 4. The first-order valence-corrected chi connectivity index (χ1v) is 30.8. The van der Waals surface area contributed by atoms with E-state index in [1.54, 1.807) is 18.0 Å². The third-order valence-corrected chi connectivity index (χ3v) is 25.4. The third kappa shape index (κ3) is 6.65. The molecule has 38 heavy (non-hydrogen) atoms. The minimum absolute atomic E-state index is 1.40. The minimum Gasteiger partial charge on any atom is -0.145 e. The summed E-state index contributed by atoms with van der Waals surface area (Å²) < 4.78 is 6.37. The molecule has 4 rings (SSSR count). The maximum atomic E-state index is 2.47. The monoisotopic (exact) mass is 644 g/mol. The molecule has 0 atom stereocenters. The van der Waals surface area contributed by atoms with Crippen molar-refractivity contribution in [3.63, 3.8) is 0 Å². The molecule has 0 radical (unpaired) electrons. The van der Waals surface area contributed by atoms with E-state index < -0.39 is 32.3 Å². The lowest BCUT2D eigenvalue weighted by molar-refractivity contribution is 1.73. The number of hydrogen-bond donors (Lipinski definition) is 0. The molecule has 204 valence electrons. The first kappa shape index (κ1) is 30.4. The molecule has 8 heteroatoms. The molecule has 0 fully saturated rings. The summed E-state index contributed by atoms with van der Waals surface area (Å²) in [4.78, 5) is 5.75. The fraction of sp³-hybridized carbons (Fsp3) is 0.400. The second-order valence-electron chi connectivity index (χ2n) is 14.4. The zero-order valence-electron chi connectivity index (χ0n) is 25.3. The normalized spacial score (nSPS) is 13.3. The number of rotatable bonds is 8. The van der Waals surface area contributed by atoms with Crippen LogP contribution in [-0.2, 0) is 0 Å². The molecule has 0 aliphatic heterocycles. The molecule has 0 saturated heterocycles. The predicted octanol–water partition coefficient (Wildman–Crippen LogP) is 9.12. The van der Waals surface area contributed by atoms with Gasteiger partial charge in [0.15, 0.2) is 0 Å². The van der Waals surface area contributed by atoms with Gasteiger partial charge < -0.3 is 0 Å². The average Bonchev–Trinajstić information content (AvgIpc) is 3.56. The smallest absolute Gasteiger partial charge is 0.0904 e. The maximum Gasteiger partial charge on any atom is 0.0904 e. The van der Waals surface area contributed by atoms with E-state index in [9.17, 15) is 0 Å². The molecule has 4 heterocycles. The van der Waals surface area contributed by atoms with Crippen LogP contribution in [0.3, 0.4) is 0 Å². The topological polar surface area (TPSA) is 0 Å². The van der Waals surface area contributed by atoms with Crippen LogP contribution in [0.15, 0.2) is 48.5 Å². The minimum atomic E-state index is -1.40. The molecule has 4 aromatic heterocycles. The van der Waals surface area contributed by atoms with Gasteiger partial charge in [0.25, 0.3) is 0 Å². The Labute approximate surface area is 251 Å². The van der Waals surface area contributed by atoms with Crippen molar-refractivity contribution in [1.29, 1.82) is 0 Å². The van der Waals surface area contributed by atoms with Crippen LogP contribution in [0.1, 0.15) is 19.5 Å². The van der Waals surface area contributed by atoms with Gasteiger partial charge in [0.1, 0.15) is 0 Å². The first-order chi connectivity index (χ1) is 17.4. The zero-order valence-corrected chi connectivity index (χ0v) is 32.5. The average molecular weight is 645 g/mol. The summed E-state index contributed by atoms with van der Waals surface area (Å²) in [6.07, 6.45) is 0. The standard InChI is InChI=1S/C30H44S4Si4/c1-35(2,3)25-17-13-21(31-25)29(22-14-18-26(32-22)36(4,5)6)30(23-15-19-27(33-23)37(7,8)9)24-16-20-28(34-24)38(10,11)12/h13-20H,1-12H3. The summed E-state index contributed by atoms with van der Waals surface area (Å²) in [5.41, 5.74) is 2.92. The quantitative estimate of drug-likeness (QED) is 0.168. The fourth-order valence-electron chi connectivity index (χ4n) is 4.24. The Morgan fingerprint density at radius 2 is 0.526 bits per heavy atom. The van der Waals surface area contributed by atoms with Crippen molar-refractivity contribution in [3.05, 3.63) is 68.0 Å². The van der Waals surface area contributed by atoms with E-state index in [2.05, 4.69) is 172 Å². The molecule has 0 aliphatic carbocycles. The van der Waals surface area contributed by atoms with Gasteiger partial charge in [-0.3, -0.25) is 0 Å². The van der Waals surface area contributed by atoms with Gasteiger partial charge in [0.2, 0.25) is 0 Å². The summed E-state index contributed by atoms with van der Waals surface area (Å²) in [6.45, 7) is 29.7. The Kier molecular flexibility index (Phi) is 8.53. The first-order valence-electron chi connectivity index (χ1n) is 13.5. The lowest BCUT2D eigenvalue weighted by atomic mass is 10.0. The van der Waals surface area contributed by atoms with Crippen LogP contribution in [0.25, 0.3) is 11.1 Å². The van der Waals surface area contributed by atoms with E-state index in [1.165, 1.54) is 30.7 Å². The predicted molar refractivity (Wildman–Crippen MR) is 194 cm³/mol. The lowest BCUT2D eigenvalue weighted by Gasteiger charge is -2.16. The summed E-state index contributed by atoms with van der Waals surface area (Å²) in [7, 11) is -5.59. The molecule has 0 unspecified atom stereocenters. The van der Waals surface area contributed by atoms with Crippen molar-refractivity contribution in [2.75, 3.05) is 0 Å². The second kappa shape index (κ2) is 10.7.